The molecular weight excluding hydrogens is 306 g/mol. The number of amides is 1. The number of aliphatic hydroxyl groups is 1. The van der Waals surface area contributed by atoms with E-state index in [2.05, 4.69) is 25.4 Å². The number of aliphatic hydroxyl groups excluding tert-OH is 1. The van der Waals surface area contributed by atoms with Gasteiger partial charge in [-0.15, -0.1) is 0 Å². The lowest BCUT2D eigenvalue weighted by atomic mass is 10.1. The Labute approximate surface area is 144 Å². The van der Waals surface area contributed by atoms with E-state index in [0.717, 1.165) is 70.8 Å². The highest BCUT2D eigenvalue weighted by molar-refractivity contribution is 5.80. The highest BCUT2D eigenvalue weighted by Crippen LogP contribution is 2.24. The first-order chi connectivity index (χ1) is 11.7. The predicted octanol–water partition coefficient (Wildman–Crippen LogP) is -0.381. The van der Waals surface area contributed by atoms with Gasteiger partial charge in [-0.25, -0.2) is 0 Å². The van der Waals surface area contributed by atoms with Gasteiger partial charge in [0.15, 0.2) is 5.96 Å². The number of hydrogen-bond donors (Lipinski definition) is 3. The summed E-state index contributed by atoms with van der Waals surface area (Å²) < 4.78 is 0. The number of nitrogens with one attached hydrogen (secondary N) is 2. The van der Waals surface area contributed by atoms with Crippen LogP contribution >= 0.6 is 0 Å². The first kappa shape index (κ1) is 17.5. The molecule has 7 heteroatoms. The summed E-state index contributed by atoms with van der Waals surface area (Å²) in [4.78, 5) is 20.7. The maximum atomic E-state index is 11.9. The third-order valence-corrected chi connectivity index (χ3v) is 5.33. The van der Waals surface area contributed by atoms with Crippen LogP contribution < -0.4 is 10.6 Å². The number of guanidine groups is 1. The molecule has 1 saturated heterocycles. The van der Waals surface area contributed by atoms with Crippen molar-refractivity contribution >= 4 is 11.9 Å². The number of nitrogens with zero attached hydrogens (tertiary/aromatic N) is 3. The summed E-state index contributed by atoms with van der Waals surface area (Å²) >= 11 is 0. The number of hydrogen-bond acceptors (Lipinski definition) is 4. The van der Waals surface area contributed by atoms with E-state index < -0.39 is 0 Å². The summed E-state index contributed by atoms with van der Waals surface area (Å²) in [5, 5.41) is 16.4. The second-order valence-electron chi connectivity index (χ2n) is 7.29. The third kappa shape index (κ3) is 4.83. The van der Waals surface area contributed by atoms with Crippen LogP contribution in [0.5, 0.6) is 0 Å². The zero-order valence-electron chi connectivity index (χ0n) is 14.7. The first-order valence-electron chi connectivity index (χ1n) is 9.31. The minimum absolute atomic E-state index is 0.156. The number of aliphatic imine (C=N–C) groups is 1. The van der Waals surface area contributed by atoms with Crippen LogP contribution in [0.2, 0.25) is 0 Å². The normalized spacial score (nSPS) is 28.9. The molecule has 1 aliphatic heterocycles. The second-order valence-corrected chi connectivity index (χ2v) is 7.29. The SMILES string of the molecule is CN=C(NCC1CCCC1O)N1CCN(CC(=O)NC2CC2)CC1. The van der Waals surface area contributed by atoms with Gasteiger partial charge in [0.05, 0.1) is 12.6 Å². The lowest BCUT2D eigenvalue weighted by Crippen LogP contribution is -2.54. The molecule has 2 atom stereocenters. The summed E-state index contributed by atoms with van der Waals surface area (Å²) in [6.45, 7) is 4.81. The highest BCUT2D eigenvalue weighted by Gasteiger charge is 2.27. The Morgan fingerprint density at radius 2 is 1.92 bits per heavy atom. The number of rotatable bonds is 5. The lowest BCUT2D eigenvalue weighted by molar-refractivity contribution is -0.122. The van der Waals surface area contributed by atoms with Crippen molar-refractivity contribution in [3.8, 4) is 0 Å². The smallest absolute Gasteiger partial charge is 0.234 e. The molecule has 2 saturated carbocycles. The fourth-order valence-corrected chi connectivity index (χ4v) is 3.63. The van der Waals surface area contributed by atoms with Crippen LogP contribution in [-0.2, 0) is 4.79 Å². The largest absolute Gasteiger partial charge is 0.393 e. The first-order valence-corrected chi connectivity index (χ1v) is 9.31. The molecule has 0 aromatic heterocycles. The number of carbonyl (C=O) groups is 1. The summed E-state index contributed by atoms with van der Waals surface area (Å²) in [6, 6.07) is 0.438. The molecule has 7 nitrogen and oxygen atoms in total. The van der Waals surface area contributed by atoms with Gasteiger partial charge in [0, 0.05) is 51.7 Å². The second kappa shape index (κ2) is 8.16. The zero-order chi connectivity index (χ0) is 16.9. The molecule has 1 amide bonds. The van der Waals surface area contributed by atoms with E-state index in [1.54, 1.807) is 0 Å². The van der Waals surface area contributed by atoms with E-state index in [-0.39, 0.29) is 12.0 Å². The molecule has 136 valence electrons. The van der Waals surface area contributed by atoms with Crippen LogP contribution in [-0.4, -0.2) is 85.2 Å². The minimum atomic E-state index is -0.169. The average Bonchev–Trinajstić information content (AvgIpc) is 3.29. The van der Waals surface area contributed by atoms with E-state index >= 15 is 0 Å². The highest BCUT2D eigenvalue weighted by atomic mass is 16.3. The van der Waals surface area contributed by atoms with Gasteiger partial charge in [-0.1, -0.05) is 6.42 Å². The van der Waals surface area contributed by atoms with E-state index in [1.165, 1.54) is 0 Å². The summed E-state index contributed by atoms with van der Waals surface area (Å²) in [5.74, 6) is 1.41. The van der Waals surface area contributed by atoms with Crippen molar-refractivity contribution in [3.05, 3.63) is 0 Å². The molecule has 0 radical (unpaired) electrons. The summed E-state index contributed by atoms with van der Waals surface area (Å²) in [6.07, 6.45) is 5.24. The van der Waals surface area contributed by atoms with Gasteiger partial charge in [0.1, 0.15) is 0 Å². The molecule has 2 unspecified atom stereocenters. The van der Waals surface area contributed by atoms with Gasteiger partial charge >= 0.3 is 0 Å². The van der Waals surface area contributed by atoms with E-state index in [4.69, 9.17) is 0 Å². The lowest BCUT2D eigenvalue weighted by Gasteiger charge is -2.36. The third-order valence-electron chi connectivity index (χ3n) is 5.33. The summed E-state index contributed by atoms with van der Waals surface area (Å²) in [7, 11) is 1.81. The van der Waals surface area contributed by atoms with E-state index in [0.29, 0.717) is 18.5 Å². The van der Waals surface area contributed by atoms with Crippen LogP contribution in [0.1, 0.15) is 32.1 Å². The molecular formula is C17H31N5O2. The van der Waals surface area contributed by atoms with Gasteiger partial charge in [-0.05, 0) is 25.7 Å². The molecule has 1 heterocycles. The van der Waals surface area contributed by atoms with Crippen molar-refractivity contribution in [2.45, 2.75) is 44.2 Å². The topological polar surface area (TPSA) is 80.2 Å². The fourth-order valence-electron chi connectivity index (χ4n) is 3.63. The van der Waals surface area contributed by atoms with Crippen LogP contribution in [0, 0.1) is 5.92 Å². The van der Waals surface area contributed by atoms with Crippen LogP contribution in [0.4, 0.5) is 0 Å². The fraction of sp³-hybridized carbons (Fsp3) is 0.882. The average molecular weight is 337 g/mol. The van der Waals surface area contributed by atoms with E-state index in [9.17, 15) is 9.90 Å². The molecule has 3 N–H and O–H groups in total. The van der Waals surface area contributed by atoms with Gasteiger partial charge in [-0.3, -0.25) is 14.7 Å². The van der Waals surface area contributed by atoms with Crippen molar-refractivity contribution in [3.63, 3.8) is 0 Å². The standard InChI is InChI=1S/C17H31N5O2/c1-18-17(19-11-13-3-2-4-15(13)23)22-9-7-21(8-10-22)12-16(24)20-14-5-6-14/h13-15,23H,2-12H2,1H3,(H,18,19)(H,20,24). The molecule has 2 aliphatic carbocycles. The Morgan fingerprint density at radius 3 is 2.50 bits per heavy atom. The number of piperazine rings is 1. The number of carbonyl (C=O) groups excluding carboxylic acids is 1. The maximum Gasteiger partial charge on any atom is 0.234 e. The minimum Gasteiger partial charge on any atom is -0.393 e. The molecule has 3 fully saturated rings. The predicted molar refractivity (Wildman–Crippen MR) is 93.9 cm³/mol. The molecule has 0 aromatic rings. The van der Waals surface area contributed by atoms with Crippen molar-refractivity contribution in [1.29, 1.82) is 0 Å². The molecule has 24 heavy (non-hydrogen) atoms. The molecule has 0 bridgehead atoms. The van der Waals surface area contributed by atoms with Gasteiger partial charge in [0.25, 0.3) is 0 Å². The van der Waals surface area contributed by atoms with E-state index in [1.807, 2.05) is 7.05 Å². The van der Waals surface area contributed by atoms with Crippen LogP contribution in [0.15, 0.2) is 4.99 Å². The molecule has 3 rings (SSSR count). The quantitative estimate of drug-likeness (QED) is 0.471. The molecule has 0 spiro atoms. The summed E-state index contributed by atoms with van der Waals surface area (Å²) in [5.41, 5.74) is 0. The van der Waals surface area contributed by atoms with Crippen molar-refractivity contribution in [1.82, 2.24) is 20.4 Å². The van der Waals surface area contributed by atoms with Crippen molar-refractivity contribution < 1.29 is 9.90 Å². The maximum absolute atomic E-state index is 11.9. The van der Waals surface area contributed by atoms with Crippen molar-refractivity contribution in [2.75, 3.05) is 46.3 Å². The Kier molecular flexibility index (Phi) is 5.94. The zero-order valence-corrected chi connectivity index (χ0v) is 14.7. The van der Waals surface area contributed by atoms with Crippen LogP contribution in [0.3, 0.4) is 0 Å². The Morgan fingerprint density at radius 1 is 1.17 bits per heavy atom. The molecule has 3 aliphatic rings. The van der Waals surface area contributed by atoms with Gasteiger partial charge in [-0.2, -0.15) is 0 Å². The van der Waals surface area contributed by atoms with Crippen LogP contribution in [0.25, 0.3) is 0 Å². The monoisotopic (exact) mass is 337 g/mol. The molecule has 0 aromatic carbocycles. The Balaban J connectivity index is 1.38. The van der Waals surface area contributed by atoms with Crippen molar-refractivity contribution in [2.24, 2.45) is 10.9 Å². The Bertz CT molecular complexity index is 458. The van der Waals surface area contributed by atoms with Gasteiger partial charge in [0.2, 0.25) is 5.91 Å². The Hall–Kier alpha value is -1.34. The van der Waals surface area contributed by atoms with Gasteiger partial charge < -0.3 is 20.6 Å².